The molecule has 1 saturated carbocycles. The van der Waals surface area contributed by atoms with Crippen molar-refractivity contribution in [1.29, 1.82) is 0 Å². The number of carboxylic acid groups (broad SMARTS) is 1. The third kappa shape index (κ3) is 2.10. The zero-order chi connectivity index (χ0) is 14.5. The Labute approximate surface area is 108 Å². The summed E-state index contributed by atoms with van der Waals surface area (Å²) in [6.07, 6.45) is -3.26. The van der Waals surface area contributed by atoms with Gasteiger partial charge in [-0.2, -0.15) is 13.2 Å². The summed E-state index contributed by atoms with van der Waals surface area (Å²) in [5.41, 5.74) is 3.39. The van der Waals surface area contributed by atoms with Gasteiger partial charge in [-0.25, -0.2) is 0 Å². The minimum atomic E-state index is -4.39. The largest absolute Gasteiger partial charge is 0.480 e. The van der Waals surface area contributed by atoms with Crippen LogP contribution in [0.25, 0.3) is 0 Å². The zero-order valence-electron chi connectivity index (χ0n) is 10.3. The maximum Gasteiger partial charge on any atom is 0.416 e. The Hall–Kier alpha value is -1.56. The third-order valence-electron chi connectivity index (χ3n) is 3.95. The van der Waals surface area contributed by atoms with Gasteiger partial charge in [-0.3, -0.25) is 4.79 Å². The van der Waals surface area contributed by atoms with Crippen molar-refractivity contribution in [2.24, 2.45) is 5.73 Å². The Kier molecular flexibility index (Phi) is 2.89. The van der Waals surface area contributed by atoms with E-state index in [0.717, 1.165) is 12.1 Å². The van der Waals surface area contributed by atoms with E-state index in [9.17, 15) is 18.0 Å². The lowest BCUT2D eigenvalue weighted by atomic mass is 9.77. The third-order valence-corrected chi connectivity index (χ3v) is 3.95. The summed E-state index contributed by atoms with van der Waals surface area (Å²) in [6, 6.07) is 4.58. The van der Waals surface area contributed by atoms with Crippen molar-refractivity contribution >= 4 is 5.97 Å². The summed E-state index contributed by atoms with van der Waals surface area (Å²) in [7, 11) is 0. The number of hydrogen-bond acceptors (Lipinski definition) is 2. The lowest BCUT2D eigenvalue weighted by molar-refractivity contribution is -0.144. The Morgan fingerprint density at radius 2 is 1.74 bits per heavy atom. The lowest BCUT2D eigenvalue weighted by Gasteiger charge is -2.31. The van der Waals surface area contributed by atoms with Gasteiger partial charge < -0.3 is 10.8 Å². The highest BCUT2D eigenvalue weighted by molar-refractivity contribution is 5.82. The van der Waals surface area contributed by atoms with E-state index in [0.29, 0.717) is 18.4 Å². The molecule has 0 saturated heterocycles. The molecule has 0 heterocycles. The number of carboxylic acids is 1. The molecule has 6 heteroatoms. The van der Waals surface area contributed by atoms with Crippen LogP contribution in [0.1, 0.15) is 30.9 Å². The molecule has 1 fully saturated rings. The van der Waals surface area contributed by atoms with Gasteiger partial charge in [0.15, 0.2) is 0 Å². The Morgan fingerprint density at radius 3 is 2.05 bits per heavy atom. The summed E-state index contributed by atoms with van der Waals surface area (Å²) in [5, 5.41) is 9.16. The number of aliphatic carboxylic acids is 1. The quantitative estimate of drug-likeness (QED) is 0.889. The molecular weight excluding hydrogens is 259 g/mol. The molecule has 0 aliphatic heterocycles. The summed E-state index contributed by atoms with van der Waals surface area (Å²) < 4.78 is 37.4. The molecule has 0 spiro atoms. The maximum absolute atomic E-state index is 12.5. The highest BCUT2D eigenvalue weighted by Gasteiger charge is 2.60. The Bertz CT molecular complexity index is 502. The molecule has 2 rings (SSSR count). The maximum atomic E-state index is 12.5. The molecule has 0 aromatic heterocycles. The predicted molar refractivity (Wildman–Crippen MR) is 62.6 cm³/mol. The van der Waals surface area contributed by atoms with Crippen molar-refractivity contribution in [3.63, 3.8) is 0 Å². The smallest absolute Gasteiger partial charge is 0.416 e. The molecular formula is C13H14F3NO2. The monoisotopic (exact) mass is 273 g/mol. The van der Waals surface area contributed by atoms with E-state index in [2.05, 4.69) is 0 Å². The van der Waals surface area contributed by atoms with Crippen LogP contribution >= 0.6 is 0 Å². The zero-order valence-corrected chi connectivity index (χ0v) is 10.3. The van der Waals surface area contributed by atoms with Crippen molar-refractivity contribution in [3.05, 3.63) is 35.4 Å². The number of nitrogens with two attached hydrogens (primary N) is 1. The van der Waals surface area contributed by atoms with Crippen LogP contribution in [0, 0.1) is 0 Å². The number of alkyl halides is 3. The number of halogens is 3. The van der Waals surface area contributed by atoms with E-state index in [1.165, 1.54) is 19.1 Å². The highest BCUT2D eigenvalue weighted by Crippen LogP contribution is 2.55. The van der Waals surface area contributed by atoms with Crippen LogP contribution < -0.4 is 5.73 Å². The fraction of sp³-hybridized carbons (Fsp3) is 0.462. The van der Waals surface area contributed by atoms with Crippen LogP contribution in [0.3, 0.4) is 0 Å². The van der Waals surface area contributed by atoms with Gasteiger partial charge in [0, 0.05) is 5.41 Å². The molecule has 1 aromatic carbocycles. The Balaban J connectivity index is 2.36. The SMILES string of the molecule is CC(N)(C(=O)O)C1(c2ccc(C(F)(F)F)cc2)CC1. The van der Waals surface area contributed by atoms with E-state index in [1.807, 2.05) is 0 Å². The molecule has 1 aliphatic carbocycles. The first-order chi connectivity index (χ1) is 8.61. The summed E-state index contributed by atoms with van der Waals surface area (Å²) in [4.78, 5) is 11.2. The van der Waals surface area contributed by atoms with Gasteiger partial charge in [0.05, 0.1) is 5.56 Å². The van der Waals surface area contributed by atoms with Gasteiger partial charge >= 0.3 is 12.1 Å². The van der Waals surface area contributed by atoms with Crippen molar-refractivity contribution in [3.8, 4) is 0 Å². The van der Waals surface area contributed by atoms with Crippen LogP contribution in [-0.4, -0.2) is 16.6 Å². The minimum absolute atomic E-state index is 0.549. The minimum Gasteiger partial charge on any atom is -0.480 e. The standard InChI is InChI=1S/C13H14F3NO2/c1-11(17,10(18)19)12(6-7-12)8-2-4-9(5-3-8)13(14,15)16/h2-5H,6-7,17H2,1H3,(H,18,19). The normalized spacial score (nSPS) is 20.7. The van der Waals surface area contributed by atoms with Crippen molar-refractivity contribution in [2.75, 3.05) is 0 Å². The van der Waals surface area contributed by atoms with Gasteiger partial charge in [-0.15, -0.1) is 0 Å². The van der Waals surface area contributed by atoms with Gasteiger partial charge in [0.1, 0.15) is 5.54 Å². The van der Waals surface area contributed by atoms with Crippen molar-refractivity contribution in [1.82, 2.24) is 0 Å². The molecule has 104 valence electrons. The van der Waals surface area contributed by atoms with Crippen LogP contribution in [-0.2, 0) is 16.4 Å². The number of benzene rings is 1. The van der Waals surface area contributed by atoms with Crippen LogP contribution in [0.5, 0.6) is 0 Å². The molecule has 0 amide bonds. The number of carbonyl (C=O) groups is 1. The van der Waals surface area contributed by atoms with E-state index in [1.54, 1.807) is 0 Å². The van der Waals surface area contributed by atoms with E-state index in [-0.39, 0.29) is 0 Å². The van der Waals surface area contributed by atoms with Gasteiger partial charge in [0.2, 0.25) is 0 Å². The predicted octanol–water partition coefficient (Wildman–Crippen LogP) is 2.54. The van der Waals surface area contributed by atoms with Crippen molar-refractivity contribution < 1.29 is 23.1 Å². The lowest BCUT2D eigenvalue weighted by Crippen LogP contribution is -2.55. The summed E-state index contributed by atoms with van der Waals surface area (Å²) >= 11 is 0. The molecule has 0 radical (unpaired) electrons. The molecule has 1 atom stereocenters. The second kappa shape index (κ2) is 3.96. The van der Waals surface area contributed by atoms with E-state index < -0.39 is 28.7 Å². The second-order valence-corrected chi connectivity index (χ2v) is 5.16. The molecule has 1 unspecified atom stereocenters. The summed E-state index contributed by atoms with van der Waals surface area (Å²) in [5.74, 6) is -1.15. The number of rotatable bonds is 3. The van der Waals surface area contributed by atoms with Gasteiger partial charge in [0.25, 0.3) is 0 Å². The molecule has 1 aliphatic rings. The second-order valence-electron chi connectivity index (χ2n) is 5.16. The first kappa shape index (κ1) is 13.9. The molecule has 19 heavy (non-hydrogen) atoms. The van der Waals surface area contributed by atoms with Gasteiger partial charge in [-0.1, -0.05) is 12.1 Å². The molecule has 0 bridgehead atoms. The van der Waals surface area contributed by atoms with Crippen molar-refractivity contribution in [2.45, 2.75) is 36.9 Å². The van der Waals surface area contributed by atoms with Gasteiger partial charge in [-0.05, 0) is 37.5 Å². The fourth-order valence-electron chi connectivity index (χ4n) is 2.42. The number of hydrogen-bond donors (Lipinski definition) is 2. The first-order valence-electron chi connectivity index (χ1n) is 5.81. The molecule has 3 nitrogen and oxygen atoms in total. The Morgan fingerprint density at radius 1 is 1.26 bits per heavy atom. The van der Waals surface area contributed by atoms with E-state index in [4.69, 9.17) is 10.8 Å². The topological polar surface area (TPSA) is 63.3 Å². The summed E-state index contributed by atoms with van der Waals surface area (Å²) in [6.45, 7) is 1.40. The average molecular weight is 273 g/mol. The first-order valence-corrected chi connectivity index (χ1v) is 5.81. The molecule has 3 N–H and O–H groups in total. The van der Waals surface area contributed by atoms with Crippen LogP contribution in [0.4, 0.5) is 13.2 Å². The average Bonchev–Trinajstić information content (AvgIpc) is 3.09. The molecule has 1 aromatic rings. The van der Waals surface area contributed by atoms with E-state index >= 15 is 0 Å². The highest BCUT2D eigenvalue weighted by atomic mass is 19.4. The van der Waals surface area contributed by atoms with Crippen LogP contribution in [0.15, 0.2) is 24.3 Å². The fourth-order valence-corrected chi connectivity index (χ4v) is 2.42. The van der Waals surface area contributed by atoms with Crippen LogP contribution in [0.2, 0.25) is 0 Å².